The number of hydrogen-bond donors (Lipinski definition) is 3. The Hall–Kier alpha value is -10.5. The zero-order valence-electron chi connectivity index (χ0n) is 62.0. The number of benzene rings is 5. The van der Waals surface area contributed by atoms with Crippen molar-refractivity contribution in [1.82, 2.24) is 14.7 Å². The van der Waals surface area contributed by atoms with Crippen LogP contribution in [-0.2, 0) is 64.3 Å². The normalized spacial score (nSPS) is 15.5. The Bertz CT molecular complexity index is 4400. The SMILES string of the molecule is CC.CCCCCCCCCCCCOC(=O)c1ccc(Cl)c(NC(=O)C(C(=O)c2ccc(OC)cc2)N2C(=O)C(OCC)N(Cc3ccccc3)C2=O)c1.CS(=O)(=O)Nc1ccc(C2=C(C#N)C(=O)OC2=Cc2ccco2)cc1.Cc1ccc(Cl)c(NC(=O)C(C(=O)C(C)(C)C)N2C(=O)OC(C)(C)C2=O)c1. The molecule has 9 rings (SSSR count). The number of carbonyl (C=O) groups is 10. The number of rotatable bonds is 30. The molecule has 0 spiro atoms. The summed E-state index contributed by atoms with van der Waals surface area (Å²) in [6.07, 6.45) is 13.1. The van der Waals surface area contributed by atoms with Crippen molar-refractivity contribution in [3.63, 3.8) is 0 Å². The molecule has 5 aromatic carbocycles. The molecule has 2 saturated heterocycles. The molecule has 3 atom stereocenters. The number of nitriles is 1. The predicted molar refractivity (Wildman–Crippen MR) is 405 cm³/mol. The number of carbonyl (C=O) groups excluding carboxylic acids is 10. The molecule has 3 aliphatic rings. The number of ketones is 2. The number of urea groups is 1. The third-order valence-electron chi connectivity index (χ3n) is 16.5. The van der Waals surface area contributed by atoms with Crippen LogP contribution in [0.3, 0.4) is 0 Å². The number of methoxy groups -OCH3 is 1. The third kappa shape index (κ3) is 23.5. The van der Waals surface area contributed by atoms with Gasteiger partial charge in [0.1, 0.15) is 28.9 Å². The number of nitrogens with zero attached hydrogens (tertiary/aromatic N) is 4. The molecule has 1 aromatic heterocycles. The van der Waals surface area contributed by atoms with Gasteiger partial charge in [-0.2, -0.15) is 5.26 Å². The molecule has 107 heavy (non-hydrogen) atoms. The van der Waals surface area contributed by atoms with Gasteiger partial charge in [-0.3, -0.25) is 38.4 Å². The van der Waals surface area contributed by atoms with E-state index in [1.807, 2.05) is 32.9 Å². The van der Waals surface area contributed by atoms with Crippen LogP contribution in [-0.4, -0.2) is 133 Å². The Balaban J connectivity index is 0.000000276. The molecule has 3 N–H and O–H groups in total. The number of nitrogens with one attached hydrogen (secondary N) is 3. The number of imide groups is 2. The molecule has 3 unspecified atom stereocenters. The molecule has 7 amide bonds. The zero-order valence-corrected chi connectivity index (χ0v) is 64.3. The summed E-state index contributed by atoms with van der Waals surface area (Å²) in [4.78, 5) is 134. The second-order valence-electron chi connectivity index (χ2n) is 26.2. The molecular formula is C79H91Cl2N7O18S. The second kappa shape index (κ2) is 39.8. The van der Waals surface area contributed by atoms with Gasteiger partial charge in [-0.25, -0.2) is 37.4 Å². The molecule has 4 heterocycles. The second-order valence-corrected chi connectivity index (χ2v) is 28.7. The molecule has 28 heteroatoms. The van der Waals surface area contributed by atoms with Crippen LogP contribution in [0.2, 0.25) is 10.0 Å². The van der Waals surface area contributed by atoms with Gasteiger partial charge >= 0.3 is 24.1 Å². The highest BCUT2D eigenvalue weighted by Crippen LogP contribution is 2.37. The number of halogens is 2. The summed E-state index contributed by atoms with van der Waals surface area (Å²) < 4.78 is 56.7. The van der Waals surface area contributed by atoms with E-state index < -0.39 is 98.6 Å². The van der Waals surface area contributed by atoms with Gasteiger partial charge in [-0.15, -0.1) is 0 Å². The fourth-order valence-electron chi connectivity index (χ4n) is 11.1. The van der Waals surface area contributed by atoms with E-state index >= 15 is 0 Å². The molecule has 2 fully saturated rings. The lowest BCUT2D eigenvalue weighted by Crippen LogP contribution is -2.55. The van der Waals surface area contributed by atoms with Crippen LogP contribution in [0.1, 0.15) is 170 Å². The number of aryl methyl sites for hydroxylation is 1. The molecular weight excluding hydrogens is 1440 g/mol. The maximum atomic E-state index is 14.1. The van der Waals surface area contributed by atoms with Crippen molar-refractivity contribution in [1.29, 1.82) is 5.26 Å². The fraction of sp³-hybridized carbons (Fsp3) is 0.380. The molecule has 3 aliphatic heterocycles. The van der Waals surface area contributed by atoms with Gasteiger partial charge in [0.2, 0.25) is 16.3 Å². The number of sulfonamides is 1. The van der Waals surface area contributed by atoms with Crippen LogP contribution in [0.15, 0.2) is 149 Å². The van der Waals surface area contributed by atoms with E-state index in [1.54, 1.807) is 94.4 Å². The van der Waals surface area contributed by atoms with Crippen LogP contribution >= 0.6 is 23.2 Å². The number of hydrogen-bond acceptors (Lipinski definition) is 19. The molecule has 0 saturated carbocycles. The molecule has 25 nitrogen and oxygen atoms in total. The van der Waals surface area contributed by atoms with Crippen LogP contribution in [0.5, 0.6) is 5.75 Å². The van der Waals surface area contributed by atoms with Crippen molar-refractivity contribution in [2.45, 2.75) is 164 Å². The summed E-state index contributed by atoms with van der Waals surface area (Å²) >= 11 is 12.6. The van der Waals surface area contributed by atoms with Gasteiger partial charge in [0.25, 0.3) is 23.6 Å². The minimum Gasteiger partial charge on any atom is -0.497 e. The molecule has 570 valence electrons. The molecule has 6 aromatic rings. The maximum absolute atomic E-state index is 14.1. The first-order chi connectivity index (χ1) is 50.8. The van der Waals surface area contributed by atoms with Crippen LogP contribution in [0.4, 0.5) is 26.7 Å². The Morgan fingerprint density at radius 3 is 1.85 bits per heavy atom. The average Bonchev–Trinajstić information content (AvgIpc) is 1.63. The predicted octanol–water partition coefficient (Wildman–Crippen LogP) is 15.3. The minimum absolute atomic E-state index is 0.000760. The Labute approximate surface area is 633 Å². The third-order valence-corrected chi connectivity index (χ3v) is 17.7. The number of furan rings is 1. The Morgan fingerprint density at radius 1 is 0.729 bits per heavy atom. The Morgan fingerprint density at radius 2 is 1.31 bits per heavy atom. The molecule has 0 radical (unpaired) electrons. The fourth-order valence-corrected chi connectivity index (χ4v) is 12.0. The van der Waals surface area contributed by atoms with Crippen LogP contribution < -0.4 is 20.1 Å². The first-order valence-electron chi connectivity index (χ1n) is 35.0. The number of cyclic esters (lactones) is 2. The first kappa shape index (κ1) is 85.5. The van der Waals surface area contributed by atoms with Gasteiger partial charge in [-0.05, 0) is 130 Å². The number of Topliss-reactive ketones (excluding diaryl/α,β-unsaturated/α-hetero) is 2. The number of allylic oxidation sites excluding steroid dienone is 1. The smallest absolute Gasteiger partial charge is 0.418 e. The highest BCUT2D eigenvalue weighted by atomic mass is 35.5. The lowest BCUT2D eigenvalue weighted by Gasteiger charge is -2.28. The zero-order chi connectivity index (χ0) is 78.9. The van der Waals surface area contributed by atoms with Crippen molar-refractivity contribution in [3.05, 3.63) is 189 Å². The van der Waals surface area contributed by atoms with E-state index in [2.05, 4.69) is 22.3 Å². The monoisotopic (exact) mass is 1530 g/mol. The van der Waals surface area contributed by atoms with Crippen LogP contribution in [0, 0.1) is 23.7 Å². The number of esters is 2. The first-order valence-corrected chi connectivity index (χ1v) is 37.6. The molecule has 0 bridgehead atoms. The van der Waals surface area contributed by atoms with Crippen LogP contribution in [0.25, 0.3) is 11.6 Å². The summed E-state index contributed by atoms with van der Waals surface area (Å²) in [5, 5.41) is 14.8. The van der Waals surface area contributed by atoms with Crippen molar-refractivity contribution in [2.75, 3.05) is 41.9 Å². The standard InChI is InChI=1S/C41H50ClN3O8.C19H23ClN2O5.C17H12N2O5S.C2H6/c1-4-6-7-8-9-10-11-12-13-17-26-53-40(49)31-22-25-33(42)34(27-31)43-37(47)35(36(46)30-20-23-32(51-3)24-21-30)45-38(48)39(52-5-2)44(41(45)50)28-29-18-15-14-16-19-29;1-10-7-8-11(20)12(9-10)21-15(24)13(14(23)18(2,3)4)22-16(25)19(5,6)27-17(22)26;1-25(21,22)19-12-6-4-11(5-7-12)16-14(10-18)17(20)24-15(16)9-13-3-2-8-23-13;1-2/h14-16,18-25,27,35,39H,4-13,17,26,28H2,1-3H3,(H,43,47);7-9,13H,1-6H3,(H,21,24);2-9,19H,1H3;1-2H3. The van der Waals surface area contributed by atoms with Gasteiger partial charge in [0, 0.05) is 34.9 Å². The average molecular weight is 1530 g/mol. The topological polar surface area (TPSA) is 334 Å². The number of amides is 7. The number of unbranched alkanes of at least 4 members (excludes halogenated alkanes) is 9. The lowest BCUT2D eigenvalue weighted by atomic mass is 9.85. The van der Waals surface area contributed by atoms with Crippen molar-refractivity contribution >= 4 is 121 Å². The Kier molecular flexibility index (Phi) is 31.8. The minimum atomic E-state index is -3.40. The summed E-state index contributed by atoms with van der Waals surface area (Å²) in [5.74, 6) is -5.09. The highest BCUT2D eigenvalue weighted by Gasteiger charge is 2.56. The van der Waals surface area contributed by atoms with Gasteiger partial charge in [-0.1, -0.05) is 171 Å². The van der Waals surface area contributed by atoms with E-state index in [4.69, 9.17) is 51.3 Å². The van der Waals surface area contributed by atoms with E-state index in [9.17, 15) is 61.6 Å². The largest absolute Gasteiger partial charge is 0.497 e. The van der Waals surface area contributed by atoms with E-state index in [-0.39, 0.29) is 63.6 Å². The van der Waals surface area contributed by atoms with Crippen molar-refractivity contribution in [3.8, 4) is 11.8 Å². The van der Waals surface area contributed by atoms with Crippen molar-refractivity contribution < 1.29 is 84.5 Å². The van der Waals surface area contributed by atoms with Gasteiger partial charge in [0.05, 0.1) is 59.8 Å². The van der Waals surface area contributed by atoms with Crippen molar-refractivity contribution in [2.24, 2.45) is 5.41 Å². The number of ether oxygens (including phenoxy) is 5. The summed E-state index contributed by atoms with van der Waals surface area (Å²) in [5.41, 5.74) is 0.706. The summed E-state index contributed by atoms with van der Waals surface area (Å²) in [7, 11) is -1.93. The maximum Gasteiger partial charge on any atom is 0.418 e. The highest BCUT2D eigenvalue weighted by molar-refractivity contribution is 7.92. The van der Waals surface area contributed by atoms with E-state index in [1.165, 1.54) is 131 Å². The lowest BCUT2D eigenvalue weighted by molar-refractivity contribution is -0.145. The summed E-state index contributed by atoms with van der Waals surface area (Å²) in [6.45, 7) is 17.6. The van der Waals surface area contributed by atoms with Gasteiger partial charge < -0.3 is 38.7 Å². The van der Waals surface area contributed by atoms with E-state index in [0.29, 0.717) is 43.7 Å². The number of anilines is 3. The molecule has 0 aliphatic carbocycles. The summed E-state index contributed by atoms with van der Waals surface area (Å²) in [6, 6.07) is 31.1. The van der Waals surface area contributed by atoms with Gasteiger partial charge in [0.15, 0.2) is 29.3 Å². The van der Waals surface area contributed by atoms with E-state index in [0.717, 1.165) is 37.5 Å². The quantitative estimate of drug-likeness (QED) is 0.00941.